The Morgan fingerprint density at radius 2 is 0.663 bits per heavy atom. The zero-order chi connectivity index (χ0) is 82.5. The highest BCUT2D eigenvalue weighted by Crippen LogP contribution is 2.55. The van der Waals surface area contributed by atoms with Crippen LogP contribution in [0.4, 0.5) is 34.1 Å². The van der Waals surface area contributed by atoms with Crippen LogP contribution < -0.4 is 26.2 Å². The molecule has 83 heavy (non-hydrogen) atoms. The van der Waals surface area contributed by atoms with Gasteiger partial charge in [0.05, 0.1) is 52.5 Å². The fourth-order valence-electron chi connectivity index (χ4n) is 12.2. The van der Waals surface area contributed by atoms with Crippen LogP contribution in [-0.4, -0.2) is 6.71 Å². The van der Waals surface area contributed by atoms with Gasteiger partial charge in [-0.25, -0.2) is 0 Å². The molecule has 1 fully saturated rings. The molecule has 2 heterocycles. The third-order valence-electron chi connectivity index (χ3n) is 16.2. The normalized spacial score (nSPS) is 19.1. The van der Waals surface area contributed by atoms with Crippen LogP contribution in [0.3, 0.4) is 0 Å². The van der Waals surface area contributed by atoms with Gasteiger partial charge in [-0.2, -0.15) is 0 Å². The predicted octanol–water partition coefficient (Wildman–Crippen LogP) is 20.4. The van der Waals surface area contributed by atoms with E-state index in [1.165, 1.54) is 12.1 Å². The highest BCUT2D eigenvalue weighted by atomic mass is 15.2. The van der Waals surface area contributed by atoms with Gasteiger partial charge in [-0.1, -0.05) is 266 Å². The van der Waals surface area contributed by atoms with Gasteiger partial charge in [-0.05, 0) is 156 Å². The van der Waals surface area contributed by atoms with Crippen LogP contribution in [0.5, 0.6) is 0 Å². The molecule has 0 radical (unpaired) electrons. The molecule has 0 aromatic heterocycles. The lowest BCUT2D eigenvalue weighted by Gasteiger charge is -2.46. The van der Waals surface area contributed by atoms with E-state index in [2.05, 4.69) is 0 Å². The van der Waals surface area contributed by atoms with Crippen molar-refractivity contribution < 1.29 is 41.1 Å². The Bertz CT molecular complexity index is 5350. The second-order valence-corrected chi connectivity index (χ2v) is 23.3. The maximum absolute atomic E-state index is 9.96. The van der Waals surface area contributed by atoms with Crippen molar-refractivity contribution >= 4 is 57.2 Å². The average Bonchev–Trinajstić information content (AvgIpc) is 0.682. The summed E-state index contributed by atoms with van der Waals surface area (Å²) in [6.07, 6.45) is 3.36. The molecular weight excluding hydrogens is 1000 g/mol. The smallest absolute Gasteiger partial charge is 0.252 e. The van der Waals surface area contributed by atoms with Crippen LogP contribution >= 0.6 is 0 Å². The molecule has 0 N–H and O–H groups in total. The van der Waals surface area contributed by atoms with Crippen molar-refractivity contribution in [3.8, 4) is 66.8 Å². The second kappa shape index (κ2) is 21.1. The topological polar surface area (TPSA) is 6.48 Å². The first-order chi connectivity index (χ1) is 52.9. The zero-order valence-electron chi connectivity index (χ0n) is 76.5. The van der Waals surface area contributed by atoms with Crippen molar-refractivity contribution in [3.63, 3.8) is 0 Å². The molecule has 2 nitrogen and oxygen atoms in total. The molecule has 1 saturated carbocycles. The maximum Gasteiger partial charge on any atom is 0.252 e. The molecular formula is C80H71BN2. The van der Waals surface area contributed by atoms with E-state index >= 15 is 0 Å². The average molecular weight is 1100 g/mol. The zero-order valence-corrected chi connectivity index (χ0v) is 46.5. The van der Waals surface area contributed by atoms with E-state index in [0.29, 0.717) is 42.4 Å². The maximum atomic E-state index is 9.96. The fourth-order valence-corrected chi connectivity index (χ4v) is 12.2. The van der Waals surface area contributed by atoms with Crippen molar-refractivity contribution in [3.05, 3.63) is 271 Å². The second-order valence-electron chi connectivity index (χ2n) is 23.3. The molecule has 0 unspecified atom stereocenters. The largest absolute Gasteiger partial charge is 0.310 e. The van der Waals surface area contributed by atoms with Crippen molar-refractivity contribution in [2.75, 3.05) is 9.80 Å². The molecule has 0 saturated heterocycles. The summed E-state index contributed by atoms with van der Waals surface area (Å²) in [6.45, 7) is 9.56. The van der Waals surface area contributed by atoms with Crippen LogP contribution in [0.25, 0.3) is 66.8 Å². The summed E-state index contributed by atoms with van der Waals surface area (Å²) < 4.78 is 282. The van der Waals surface area contributed by atoms with E-state index in [4.69, 9.17) is 13.7 Å². The number of anilines is 6. The van der Waals surface area contributed by atoms with Crippen molar-refractivity contribution in [2.24, 2.45) is 0 Å². The standard InChI is InChI=1S/C80H71BN2/c1-79(2,3)64-50-66(57-34-20-10-21-35-57)77(67(51-64)58-36-22-11-23-37-58)82-72-44-42-61(54-28-14-7-15-29-54)46-70(72)81-71-47-62(55-30-16-8-17-31-55)43-45-73(71)83(75-49-63(48-74(82)76(75)81)56-32-18-9-19-33-56)78-68(59-38-24-12-25-39-59)52-65(80(4,5)6)53-69(78)60-40-26-13-27-41-60/h7-8,10-17,20-31,34-53,56H,9,18-19,32-33H2,1-6H3/i7D,8D,10D,11D,12D,13D,14D,15D,16D,17D,20D,21D,22D,23D,24D,25D,26D,27D,28D,29D,30D,31D,34D,35D,36D,37D,38D,39D,40D,41D. The van der Waals surface area contributed by atoms with Crippen LogP contribution in [0.1, 0.15) is 137 Å². The van der Waals surface area contributed by atoms with Crippen LogP contribution in [-0.2, 0) is 10.8 Å². The summed E-state index contributed by atoms with van der Waals surface area (Å²) in [4.78, 5) is 3.33. The molecule has 14 rings (SSSR count). The van der Waals surface area contributed by atoms with Crippen LogP contribution in [0.15, 0.2) is 254 Å². The van der Waals surface area contributed by atoms with E-state index in [1.807, 2.05) is 53.7 Å². The Labute approximate surface area is 535 Å². The van der Waals surface area contributed by atoms with E-state index < -0.39 is 221 Å². The van der Waals surface area contributed by atoms with E-state index in [9.17, 15) is 27.4 Å². The SMILES string of the molecule is [2H]c1c([2H])c([2H])c(-c2ccc3c(c2)B2c4cc(-c5c([2H])c([2H])c([2H])c([2H])c5[2H])ccc4N(c4c(-c5c([2H])c([2H])c([2H])c([2H])c5[2H])cc(C(C)(C)C)cc4-c4c([2H])c([2H])c([2H])c([2H])c4[2H])c4cc(C5CCCCC5)cc(c42)N3c2c(-c3c([2H])c([2H])c([2H])c([2H])c3[2H])cc(C(C)(C)C)cc2-c2c([2H])c([2H])c([2H])c([2H])c2[2H])c([2H])c1[2H]. The van der Waals surface area contributed by atoms with Crippen molar-refractivity contribution in [1.29, 1.82) is 0 Å². The quantitative estimate of drug-likeness (QED) is 0.133. The number of hydrogen-bond donors (Lipinski definition) is 0. The molecule has 3 heteroatoms. The van der Waals surface area contributed by atoms with Crippen molar-refractivity contribution in [2.45, 2.75) is 90.4 Å². The lowest BCUT2D eigenvalue weighted by Crippen LogP contribution is -2.61. The summed E-state index contributed by atoms with van der Waals surface area (Å²) in [5, 5.41) is 0. The van der Waals surface area contributed by atoms with Gasteiger partial charge in [0.1, 0.15) is 0 Å². The van der Waals surface area contributed by atoms with Gasteiger partial charge in [0.15, 0.2) is 0 Å². The molecule has 404 valence electrons. The summed E-state index contributed by atoms with van der Waals surface area (Å²) in [5.41, 5.74) is -2.80. The minimum absolute atomic E-state index is 0.000221. The van der Waals surface area contributed by atoms with Crippen LogP contribution in [0.2, 0.25) is 0 Å². The van der Waals surface area contributed by atoms with Gasteiger partial charge >= 0.3 is 0 Å². The molecule has 0 bridgehead atoms. The molecule has 0 amide bonds. The van der Waals surface area contributed by atoms with Gasteiger partial charge in [0.2, 0.25) is 0 Å². The van der Waals surface area contributed by atoms with Crippen LogP contribution in [0, 0.1) is 0 Å². The lowest BCUT2D eigenvalue weighted by atomic mass is 9.33. The number of hydrogen-bond acceptors (Lipinski definition) is 2. The van der Waals surface area contributed by atoms with Gasteiger partial charge in [0.25, 0.3) is 6.71 Å². The number of nitrogens with zero attached hydrogens (tertiary/aromatic N) is 2. The van der Waals surface area contributed by atoms with E-state index in [1.54, 1.807) is 58.3 Å². The molecule has 11 aromatic rings. The van der Waals surface area contributed by atoms with E-state index in [0.717, 1.165) is 6.42 Å². The first-order valence-corrected chi connectivity index (χ1v) is 27.8. The monoisotopic (exact) mass is 1100 g/mol. The third-order valence-corrected chi connectivity index (χ3v) is 16.2. The predicted molar refractivity (Wildman–Crippen MR) is 356 cm³/mol. The minimum Gasteiger partial charge on any atom is -0.310 e. The Balaban J connectivity index is 1.31. The molecule has 0 atom stereocenters. The first-order valence-electron chi connectivity index (χ1n) is 42.8. The Kier molecular flexibility index (Phi) is 7.35. The number of rotatable bonds is 9. The molecule has 1 aliphatic carbocycles. The van der Waals surface area contributed by atoms with Gasteiger partial charge < -0.3 is 9.80 Å². The number of fused-ring (bicyclic) bond motifs is 4. The van der Waals surface area contributed by atoms with Crippen molar-refractivity contribution in [1.82, 2.24) is 0 Å². The molecule has 3 aliphatic rings. The lowest BCUT2D eigenvalue weighted by molar-refractivity contribution is 0.444. The summed E-state index contributed by atoms with van der Waals surface area (Å²) in [6, 6.07) is -2.48. The summed E-state index contributed by atoms with van der Waals surface area (Å²) in [7, 11) is 0. The van der Waals surface area contributed by atoms with Gasteiger partial charge in [0, 0.05) is 45.0 Å². The Hall–Kier alpha value is -8.92. The number of benzene rings is 11. The molecule has 0 spiro atoms. The third kappa shape index (κ3) is 9.51. The summed E-state index contributed by atoms with van der Waals surface area (Å²) >= 11 is 0. The fraction of sp³-hybridized carbons (Fsp3) is 0.175. The van der Waals surface area contributed by atoms with Gasteiger partial charge in [-0.3, -0.25) is 0 Å². The minimum atomic E-state index is -1.36. The highest BCUT2D eigenvalue weighted by Gasteiger charge is 2.46. The molecule has 2 aliphatic heterocycles. The van der Waals surface area contributed by atoms with E-state index in [-0.39, 0.29) is 101 Å². The highest BCUT2D eigenvalue weighted by molar-refractivity contribution is 7.00. The van der Waals surface area contributed by atoms with Gasteiger partial charge in [-0.15, -0.1) is 0 Å². The first kappa shape index (κ1) is 28.9. The Morgan fingerprint density at radius 1 is 0.349 bits per heavy atom. The summed E-state index contributed by atoms with van der Waals surface area (Å²) in [5.74, 6) is -0.360. The Morgan fingerprint density at radius 3 is 0.976 bits per heavy atom. The molecule has 11 aromatic carbocycles.